The number of hydrogen-bond donors (Lipinski definition) is 0. The first-order chi connectivity index (χ1) is 12.2. The number of nitrogens with zero attached hydrogens (tertiary/aromatic N) is 1. The van der Waals surface area contributed by atoms with Gasteiger partial charge in [0, 0.05) is 19.2 Å². The van der Waals surface area contributed by atoms with Gasteiger partial charge in [-0.1, -0.05) is 18.2 Å². The van der Waals surface area contributed by atoms with Crippen molar-refractivity contribution in [3.63, 3.8) is 0 Å². The van der Waals surface area contributed by atoms with Gasteiger partial charge in [0.2, 0.25) is 0 Å². The molecule has 0 aliphatic rings. The summed E-state index contributed by atoms with van der Waals surface area (Å²) in [6, 6.07) is 14.8. The van der Waals surface area contributed by atoms with Crippen molar-refractivity contribution in [2.75, 3.05) is 33.4 Å². The van der Waals surface area contributed by atoms with Crippen LogP contribution in [0.1, 0.15) is 24.2 Å². The van der Waals surface area contributed by atoms with E-state index in [1.54, 1.807) is 30.1 Å². The van der Waals surface area contributed by atoms with E-state index in [9.17, 15) is 4.79 Å². The average molecular weight is 343 g/mol. The van der Waals surface area contributed by atoms with Crippen LogP contribution in [0.4, 0.5) is 0 Å². The molecule has 0 radical (unpaired) electrons. The lowest BCUT2D eigenvalue weighted by atomic mass is 10.1. The molecular weight excluding hydrogens is 318 g/mol. The summed E-state index contributed by atoms with van der Waals surface area (Å²) in [7, 11) is 1.77. The van der Waals surface area contributed by atoms with E-state index < -0.39 is 0 Å². The summed E-state index contributed by atoms with van der Waals surface area (Å²) >= 11 is 0. The van der Waals surface area contributed by atoms with Crippen LogP contribution in [0.3, 0.4) is 0 Å². The lowest BCUT2D eigenvalue weighted by Gasteiger charge is -2.17. The number of carbonyl (C=O) groups excluding carboxylic acids is 1. The van der Waals surface area contributed by atoms with Gasteiger partial charge in [0.25, 0.3) is 5.91 Å². The van der Waals surface area contributed by atoms with E-state index in [2.05, 4.69) is 0 Å². The van der Waals surface area contributed by atoms with E-state index in [-0.39, 0.29) is 5.91 Å². The molecule has 2 aromatic rings. The summed E-state index contributed by atoms with van der Waals surface area (Å²) in [6.45, 7) is 5.79. The number of amides is 1. The standard InChI is InChI=1S/C20H25NO4/c1-4-21(3)20(22)16-11-12-18(19(15-16)23-5-2)25-14-13-24-17-9-7-6-8-10-17/h6-12,15H,4-5,13-14H2,1-3H3. The third-order valence-electron chi connectivity index (χ3n) is 3.66. The molecule has 0 atom stereocenters. The monoisotopic (exact) mass is 343 g/mol. The molecule has 0 saturated carbocycles. The Morgan fingerprint density at radius 2 is 1.64 bits per heavy atom. The van der Waals surface area contributed by atoms with Crippen LogP contribution in [-0.2, 0) is 0 Å². The van der Waals surface area contributed by atoms with Gasteiger partial charge in [-0.05, 0) is 44.2 Å². The Hall–Kier alpha value is -2.69. The van der Waals surface area contributed by atoms with E-state index in [0.717, 1.165) is 5.75 Å². The summed E-state index contributed by atoms with van der Waals surface area (Å²) in [4.78, 5) is 13.9. The van der Waals surface area contributed by atoms with Gasteiger partial charge in [0.1, 0.15) is 19.0 Å². The number of para-hydroxylation sites is 1. The van der Waals surface area contributed by atoms with Crippen molar-refractivity contribution < 1.29 is 19.0 Å². The molecule has 25 heavy (non-hydrogen) atoms. The molecule has 0 unspecified atom stereocenters. The van der Waals surface area contributed by atoms with E-state index in [4.69, 9.17) is 14.2 Å². The summed E-state index contributed by atoms with van der Waals surface area (Å²) < 4.78 is 17.0. The molecule has 2 aromatic carbocycles. The van der Waals surface area contributed by atoms with Crippen LogP contribution in [0, 0.1) is 0 Å². The topological polar surface area (TPSA) is 48.0 Å². The minimum Gasteiger partial charge on any atom is -0.490 e. The summed E-state index contributed by atoms with van der Waals surface area (Å²) in [5.74, 6) is 1.94. The molecule has 0 saturated heterocycles. The van der Waals surface area contributed by atoms with Crippen molar-refractivity contribution in [3.05, 3.63) is 54.1 Å². The Labute approximate surface area is 149 Å². The Morgan fingerprint density at radius 1 is 0.920 bits per heavy atom. The Balaban J connectivity index is 1.98. The maximum Gasteiger partial charge on any atom is 0.253 e. The number of rotatable bonds is 9. The molecular formula is C20H25NO4. The van der Waals surface area contributed by atoms with Crippen molar-refractivity contribution in [1.82, 2.24) is 4.90 Å². The van der Waals surface area contributed by atoms with Gasteiger partial charge >= 0.3 is 0 Å². The second kappa shape index (κ2) is 9.57. The van der Waals surface area contributed by atoms with Crippen molar-refractivity contribution in [3.8, 4) is 17.2 Å². The molecule has 0 N–H and O–H groups in total. The molecule has 0 aliphatic heterocycles. The minimum absolute atomic E-state index is 0.0394. The van der Waals surface area contributed by atoms with Crippen LogP contribution in [0.25, 0.3) is 0 Å². The van der Waals surface area contributed by atoms with Gasteiger partial charge in [0.15, 0.2) is 11.5 Å². The molecule has 0 aliphatic carbocycles. The minimum atomic E-state index is -0.0394. The molecule has 0 bridgehead atoms. The second-order valence-electron chi connectivity index (χ2n) is 5.42. The van der Waals surface area contributed by atoms with E-state index >= 15 is 0 Å². The average Bonchev–Trinajstić information content (AvgIpc) is 2.66. The maximum atomic E-state index is 12.3. The molecule has 2 rings (SSSR count). The van der Waals surface area contributed by atoms with Crippen LogP contribution in [0.5, 0.6) is 17.2 Å². The Bertz CT molecular complexity index is 673. The normalized spacial score (nSPS) is 10.2. The van der Waals surface area contributed by atoms with Crippen molar-refractivity contribution in [2.45, 2.75) is 13.8 Å². The predicted molar refractivity (Wildman–Crippen MR) is 97.7 cm³/mol. The first-order valence-corrected chi connectivity index (χ1v) is 8.48. The maximum absolute atomic E-state index is 12.3. The van der Waals surface area contributed by atoms with Gasteiger partial charge in [-0.25, -0.2) is 0 Å². The van der Waals surface area contributed by atoms with Crippen LogP contribution in [0.15, 0.2) is 48.5 Å². The molecule has 134 valence electrons. The highest BCUT2D eigenvalue weighted by atomic mass is 16.5. The summed E-state index contributed by atoms with van der Waals surface area (Å²) in [5, 5.41) is 0. The molecule has 5 heteroatoms. The van der Waals surface area contributed by atoms with Crippen molar-refractivity contribution in [1.29, 1.82) is 0 Å². The highest BCUT2D eigenvalue weighted by molar-refractivity contribution is 5.94. The lowest BCUT2D eigenvalue weighted by Crippen LogP contribution is -2.26. The molecule has 1 amide bonds. The third kappa shape index (κ3) is 5.41. The highest BCUT2D eigenvalue weighted by Crippen LogP contribution is 2.29. The zero-order valence-electron chi connectivity index (χ0n) is 15.0. The van der Waals surface area contributed by atoms with Gasteiger partial charge < -0.3 is 19.1 Å². The number of hydrogen-bond acceptors (Lipinski definition) is 4. The number of carbonyl (C=O) groups is 1. The van der Waals surface area contributed by atoms with Crippen molar-refractivity contribution >= 4 is 5.91 Å². The summed E-state index contributed by atoms with van der Waals surface area (Å²) in [6.07, 6.45) is 0. The van der Waals surface area contributed by atoms with E-state index in [1.807, 2.05) is 44.2 Å². The summed E-state index contributed by atoms with van der Waals surface area (Å²) in [5.41, 5.74) is 0.584. The fraction of sp³-hybridized carbons (Fsp3) is 0.350. The fourth-order valence-corrected chi connectivity index (χ4v) is 2.22. The van der Waals surface area contributed by atoms with Crippen LogP contribution in [-0.4, -0.2) is 44.2 Å². The van der Waals surface area contributed by atoms with Crippen LogP contribution < -0.4 is 14.2 Å². The van der Waals surface area contributed by atoms with E-state index in [1.165, 1.54) is 0 Å². The molecule has 0 heterocycles. The van der Waals surface area contributed by atoms with Gasteiger partial charge in [-0.3, -0.25) is 4.79 Å². The third-order valence-corrected chi connectivity index (χ3v) is 3.66. The first kappa shape index (κ1) is 18.6. The Morgan fingerprint density at radius 3 is 2.32 bits per heavy atom. The van der Waals surface area contributed by atoms with Crippen LogP contribution >= 0.6 is 0 Å². The molecule has 0 aromatic heterocycles. The zero-order valence-corrected chi connectivity index (χ0v) is 15.0. The SMILES string of the molecule is CCOc1cc(C(=O)N(C)CC)ccc1OCCOc1ccccc1. The fourth-order valence-electron chi connectivity index (χ4n) is 2.22. The number of benzene rings is 2. The van der Waals surface area contributed by atoms with Crippen molar-refractivity contribution in [2.24, 2.45) is 0 Å². The second-order valence-corrected chi connectivity index (χ2v) is 5.42. The van der Waals surface area contributed by atoms with Gasteiger partial charge in [-0.15, -0.1) is 0 Å². The smallest absolute Gasteiger partial charge is 0.253 e. The lowest BCUT2D eigenvalue weighted by molar-refractivity contribution is 0.0802. The molecule has 0 fully saturated rings. The number of ether oxygens (including phenoxy) is 3. The van der Waals surface area contributed by atoms with Gasteiger partial charge in [-0.2, -0.15) is 0 Å². The molecule has 5 nitrogen and oxygen atoms in total. The highest BCUT2D eigenvalue weighted by Gasteiger charge is 2.14. The predicted octanol–water partition coefficient (Wildman–Crippen LogP) is 3.64. The zero-order chi connectivity index (χ0) is 18.1. The van der Waals surface area contributed by atoms with E-state index in [0.29, 0.717) is 43.4 Å². The largest absolute Gasteiger partial charge is 0.490 e. The van der Waals surface area contributed by atoms with Gasteiger partial charge in [0.05, 0.1) is 6.61 Å². The molecule has 0 spiro atoms. The van der Waals surface area contributed by atoms with Crippen LogP contribution in [0.2, 0.25) is 0 Å². The quantitative estimate of drug-likeness (QED) is 0.652. The Kier molecular flexibility index (Phi) is 7.14. The first-order valence-electron chi connectivity index (χ1n) is 8.48.